The van der Waals surface area contributed by atoms with E-state index in [4.69, 9.17) is 4.74 Å². The molecule has 0 saturated carbocycles. The number of carbonyl (C=O) groups excluding carboxylic acids is 1. The summed E-state index contributed by atoms with van der Waals surface area (Å²) in [6.07, 6.45) is 0. The Kier molecular flexibility index (Phi) is 4.77. The van der Waals surface area contributed by atoms with Gasteiger partial charge in [-0.2, -0.15) is 0 Å². The molecule has 6 heteroatoms. The number of carbonyl (C=O) groups is 1. The van der Waals surface area contributed by atoms with Crippen molar-refractivity contribution in [3.63, 3.8) is 0 Å². The summed E-state index contributed by atoms with van der Waals surface area (Å²) in [5.41, 5.74) is 1.11. The lowest BCUT2D eigenvalue weighted by atomic mass is 10.3. The second-order valence-corrected chi connectivity index (χ2v) is 7.21. The Morgan fingerprint density at radius 2 is 1.65 bits per heavy atom. The molecule has 0 atom stereocenters. The first-order valence-electron chi connectivity index (χ1n) is 7.92. The van der Waals surface area contributed by atoms with Crippen LogP contribution in [-0.2, 0) is 0 Å². The number of rotatable bonds is 5. The number of thiazole rings is 1. The van der Waals surface area contributed by atoms with Crippen LogP contribution < -0.4 is 10.1 Å². The Balaban J connectivity index is 1.41. The first-order chi connectivity index (χ1) is 12.8. The molecule has 0 saturated heterocycles. The number of nitrogens with one attached hydrogen (secondary N) is 1. The maximum atomic E-state index is 12.4. The molecule has 4 rings (SSSR count). The lowest BCUT2D eigenvalue weighted by Gasteiger charge is -2.07. The number of benzene rings is 2. The minimum absolute atomic E-state index is 0.221. The van der Waals surface area contributed by atoms with E-state index >= 15 is 0 Å². The van der Waals surface area contributed by atoms with Gasteiger partial charge >= 0.3 is 0 Å². The van der Waals surface area contributed by atoms with E-state index in [9.17, 15) is 4.79 Å². The quantitative estimate of drug-likeness (QED) is 0.469. The predicted octanol–water partition coefficient (Wildman–Crippen LogP) is 5.92. The van der Waals surface area contributed by atoms with Crippen molar-refractivity contribution < 1.29 is 9.53 Å². The van der Waals surface area contributed by atoms with Crippen LogP contribution in [0.2, 0.25) is 0 Å². The van der Waals surface area contributed by atoms with Gasteiger partial charge in [0.15, 0.2) is 0 Å². The molecule has 0 aliphatic rings. The van der Waals surface area contributed by atoms with Gasteiger partial charge < -0.3 is 10.1 Å². The highest BCUT2D eigenvalue weighted by molar-refractivity contribution is 7.20. The van der Waals surface area contributed by atoms with E-state index in [0.717, 1.165) is 15.6 Å². The highest BCUT2D eigenvalue weighted by Crippen LogP contribution is 2.28. The molecule has 128 valence electrons. The van der Waals surface area contributed by atoms with Crippen molar-refractivity contribution in [2.75, 3.05) is 5.32 Å². The normalized spacial score (nSPS) is 10.5. The van der Waals surface area contributed by atoms with E-state index in [2.05, 4.69) is 10.3 Å². The highest BCUT2D eigenvalue weighted by atomic mass is 32.1. The zero-order chi connectivity index (χ0) is 17.8. The van der Waals surface area contributed by atoms with Gasteiger partial charge in [0.1, 0.15) is 22.2 Å². The molecule has 0 aliphatic heterocycles. The molecule has 2 heterocycles. The van der Waals surface area contributed by atoms with E-state index < -0.39 is 0 Å². The predicted molar refractivity (Wildman–Crippen MR) is 106 cm³/mol. The summed E-state index contributed by atoms with van der Waals surface area (Å²) in [5.74, 6) is 1.26. The Labute approximate surface area is 158 Å². The first-order valence-corrected chi connectivity index (χ1v) is 9.67. The number of amides is 1. The Hall–Kier alpha value is -2.96. The van der Waals surface area contributed by atoms with Crippen LogP contribution in [0.15, 0.2) is 77.5 Å². The zero-order valence-electron chi connectivity index (χ0n) is 13.6. The SMILES string of the molecule is O=C(Nc1ccc(Oc2ccccc2)cc1)c1csc(-c2cccs2)n1. The van der Waals surface area contributed by atoms with Crippen LogP contribution in [0.1, 0.15) is 10.5 Å². The molecule has 0 fully saturated rings. The number of nitrogens with zero attached hydrogens (tertiary/aromatic N) is 1. The van der Waals surface area contributed by atoms with Crippen LogP contribution in [-0.4, -0.2) is 10.9 Å². The minimum Gasteiger partial charge on any atom is -0.457 e. The maximum absolute atomic E-state index is 12.4. The van der Waals surface area contributed by atoms with Crippen LogP contribution >= 0.6 is 22.7 Å². The van der Waals surface area contributed by atoms with E-state index in [0.29, 0.717) is 17.1 Å². The summed E-state index contributed by atoms with van der Waals surface area (Å²) < 4.78 is 5.75. The van der Waals surface area contributed by atoms with Gasteiger partial charge in [-0.25, -0.2) is 4.98 Å². The molecule has 4 aromatic rings. The monoisotopic (exact) mass is 378 g/mol. The van der Waals surface area contributed by atoms with E-state index in [1.54, 1.807) is 16.7 Å². The van der Waals surface area contributed by atoms with E-state index in [-0.39, 0.29) is 5.91 Å². The van der Waals surface area contributed by atoms with Crippen molar-refractivity contribution in [3.05, 3.63) is 83.2 Å². The fraction of sp³-hybridized carbons (Fsp3) is 0. The minimum atomic E-state index is -0.221. The summed E-state index contributed by atoms with van der Waals surface area (Å²) in [6, 6.07) is 20.8. The second-order valence-electron chi connectivity index (χ2n) is 5.41. The van der Waals surface area contributed by atoms with E-state index in [1.807, 2.05) is 72.1 Å². The third kappa shape index (κ3) is 3.82. The van der Waals surface area contributed by atoms with Gasteiger partial charge in [-0.05, 0) is 47.8 Å². The molecular weight excluding hydrogens is 364 g/mol. The average molecular weight is 378 g/mol. The van der Waals surface area contributed by atoms with Crippen LogP contribution in [0, 0.1) is 0 Å². The number of hydrogen-bond acceptors (Lipinski definition) is 5. The molecule has 0 aliphatic carbocycles. The molecule has 2 aromatic heterocycles. The van der Waals surface area contributed by atoms with Crippen molar-refractivity contribution in [2.24, 2.45) is 0 Å². The smallest absolute Gasteiger partial charge is 0.275 e. The van der Waals surface area contributed by atoms with Crippen LogP contribution in [0.4, 0.5) is 5.69 Å². The summed E-state index contributed by atoms with van der Waals surface area (Å²) in [4.78, 5) is 17.9. The number of ether oxygens (including phenoxy) is 1. The van der Waals surface area contributed by atoms with Crippen molar-refractivity contribution in [2.45, 2.75) is 0 Å². The highest BCUT2D eigenvalue weighted by Gasteiger charge is 2.12. The van der Waals surface area contributed by atoms with Crippen LogP contribution in [0.5, 0.6) is 11.5 Å². The van der Waals surface area contributed by atoms with Gasteiger partial charge in [-0.15, -0.1) is 22.7 Å². The Morgan fingerprint density at radius 3 is 2.38 bits per heavy atom. The lowest BCUT2D eigenvalue weighted by Crippen LogP contribution is -2.12. The topological polar surface area (TPSA) is 51.2 Å². The molecule has 0 bridgehead atoms. The van der Waals surface area contributed by atoms with Gasteiger partial charge in [0.25, 0.3) is 5.91 Å². The molecule has 0 radical (unpaired) electrons. The lowest BCUT2D eigenvalue weighted by molar-refractivity contribution is 0.102. The molecule has 1 N–H and O–H groups in total. The first kappa shape index (κ1) is 16.5. The third-order valence-electron chi connectivity index (χ3n) is 3.56. The zero-order valence-corrected chi connectivity index (χ0v) is 15.2. The second kappa shape index (κ2) is 7.51. The van der Waals surface area contributed by atoms with E-state index in [1.165, 1.54) is 11.3 Å². The van der Waals surface area contributed by atoms with Crippen molar-refractivity contribution in [3.8, 4) is 21.4 Å². The molecule has 0 unspecified atom stereocenters. The van der Waals surface area contributed by atoms with Crippen molar-refractivity contribution >= 4 is 34.3 Å². The van der Waals surface area contributed by atoms with Crippen molar-refractivity contribution in [1.29, 1.82) is 0 Å². The molecule has 26 heavy (non-hydrogen) atoms. The van der Waals surface area contributed by atoms with Gasteiger partial charge in [-0.1, -0.05) is 24.3 Å². The van der Waals surface area contributed by atoms with Gasteiger partial charge in [0, 0.05) is 11.1 Å². The largest absolute Gasteiger partial charge is 0.457 e. The third-order valence-corrected chi connectivity index (χ3v) is 5.44. The Morgan fingerprint density at radius 1 is 0.885 bits per heavy atom. The van der Waals surface area contributed by atoms with Crippen molar-refractivity contribution in [1.82, 2.24) is 4.98 Å². The fourth-order valence-corrected chi connectivity index (χ4v) is 3.93. The summed E-state index contributed by atoms with van der Waals surface area (Å²) in [7, 11) is 0. The maximum Gasteiger partial charge on any atom is 0.275 e. The summed E-state index contributed by atoms with van der Waals surface area (Å²) >= 11 is 3.08. The van der Waals surface area contributed by atoms with Gasteiger partial charge in [0.2, 0.25) is 0 Å². The standard InChI is InChI=1S/C20H14N2O2S2/c23-19(17-13-26-20(22-17)18-7-4-12-25-18)21-14-8-10-16(11-9-14)24-15-5-2-1-3-6-15/h1-13H,(H,21,23). The number of para-hydroxylation sites is 1. The number of anilines is 1. The van der Waals surface area contributed by atoms with Crippen LogP contribution in [0.3, 0.4) is 0 Å². The molecule has 1 amide bonds. The molecular formula is C20H14N2O2S2. The number of hydrogen-bond donors (Lipinski definition) is 1. The fourth-order valence-electron chi connectivity index (χ4n) is 2.32. The Bertz CT molecular complexity index is 994. The summed E-state index contributed by atoms with van der Waals surface area (Å²) in [6.45, 7) is 0. The van der Waals surface area contributed by atoms with Crippen LogP contribution in [0.25, 0.3) is 9.88 Å². The number of thiophene rings is 1. The molecule has 2 aromatic carbocycles. The number of aromatic nitrogens is 1. The molecule has 4 nitrogen and oxygen atoms in total. The molecule has 0 spiro atoms. The van der Waals surface area contributed by atoms with Gasteiger partial charge in [0.05, 0.1) is 4.88 Å². The van der Waals surface area contributed by atoms with Gasteiger partial charge in [-0.3, -0.25) is 4.79 Å². The summed E-state index contributed by atoms with van der Waals surface area (Å²) in [5, 5.41) is 7.49. The average Bonchev–Trinajstić information content (AvgIpc) is 3.36.